The number of rotatable bonds is 1. The molecule has 0 saturated carbocycles. The Morgan fingerprint density at radius 3 is 1.47 bits per heavy atom. The van der Waals surface area contributed by atoms with E-state index in [9.17, 15) is 0 Å². The molecule has 2 nitrogen and oxygen atoms in total. The van der Waals surface area contributed by atoms with Crippen LogP contribution in [0.2, 0.25) is 0 Å². The number of aryl methyl sites for hydroxylation is 4. The maximum atomic E-state index is 4.25. The summed E-state index contributed by atoms with van der Waals surface area (Å²) >= 11 is 3.41. The molecule has 4 heteroatoms. The van der Waals surface area contributed by atoms with Crippen LogP contribution in [0.25, 0.3) is 0 Å². The van der Waals surface area contributed by atoms with Crippen LogP contribution in [0.4, 0.5) is 0 Å². The molecule has 0 N–H and O–H groups in total. The van der Waals surface area contributed by atoms with Crippen LogP contribution in [0.3, 0.4) is 0 Å². The fourth-order valence-corrected chi connectivity index (χ4v) is 2.33. The van der Waals surface area contributed by atoms with E-state index in [2.05, 4.69) is 27.7 Å². The molecule has 0 aliphatic rings. The van der Waals surface area contributed by atoms with Crippen LogP contribution >= 0.6 is 22.7 Å². The number of hydrogen-bond acceptors (Lipinski definition) is 4. The molecule has 0 fully saturated rings. The van der Waals surface area contributed by atoms with E-state index >= 15 is 0 Å². The van der Waals surface area contributed by atoms with Gasteiger partial charge in [-0.15, -0.1) is 22.7 Å². The zero-order chi connectivity index (χ0) is 15.3. The smallest absolute Gasteiger partial charge is 0.0897 e. The molecule has 110 valence electrons. The standard InChI is InChI=1S/C6H9NS.C5H7NS.2C2H6/c1-3-6-4-8-5(2)7-6;1-4-3-7-5(2)6-4;2*1-2/h4H,3H2,1-2H3;3H,1-2H3;2*1-2H3. The van der Waals surface area contributed by atoms with Crippen LogP contribution in [0.5, 0.6) is 0 Å². The Balaban J connectivity index is 0. The zero-order valence-electron chi connectivity index (χ0n) is 13.6. The molecule has 2 aromatic heterocycles. The van der Waals surface area contributed by atoms with E-state index in [1.54, 1.807) is 22.7 Å². The Hall–Kier alpha value is -0.740. The van der Waals surface area contributed by atoms with Gasteiger partial charge in [0.2, 0.25) is 0 Å². The fraction of sp³-hybridized carbons (Fsp3) is 0.600. The van der Waals surface area contributed by atoms with Crippen LogP contribution < -0.4 is 0 Å². The van der Waals surface area contributed by atoms with Crippen molar-refractivity contribution in [1.29, 1.82) is 0 Å². The molecular weight excluding hydrogens is 272 g/mol. The van der Waals surface area contributed by atoms with Gasteiger partial charge < -0.3 is 0 Å². The lowest BCUT2D eigenvalue weighted by molar-refractivity contribution is 1.04. The van der Waals surface area contributed by atoms with Gasteiger partial charge in [0.05, 0.1) is 15.7 Å². The van der Waals surface area contributed by atoms with Crippen molar-refractivity contribution in [3.8, 4) is 0 Å². The average molecular weight is 301 g/mol. The molecule has 2 rings (SSSR count). The summed E-state index contributed by atoms with van der Waals surface area (Å²) in [6, 6.07) is 0. The van der Waals surface area contributed by atoms with Gasteiger partial charge in [0.15, 0.2) is 0 Å². The highest BCUT2D eigenvalue weighted by Gasteiger charge is 1.91. The molecule has 0 aliphatic heterocycles. The van der Waals surface area contributed by atoms with Gasteiger partial charge in [-0.2, -0.15) is 0 Å². The van der Waals surface area contributed by atoms with Gasteiger partial charge in [-0.3, -0.25) is 0 Å². The predicted octanol–water partition coefficient (Wildman–Crippen LogP) is 5.83. The Morgan fingerprint density at radius 2 is 1.32 bits per heavy atom. The molecular formula is C15H28N2S2. The monoisotopic (exact) mass is 300 g/mol. The van der Waals surface area contributed by atoms with Crippen molar-refractivity contribution in [2.24, 2.45) is 0 Å². The van der Waals surface area contributed by atoms with Gasteiger partial charge in [-0.25, -0.2) is 9.97 Å². The largest absolute Gasteiger partial charge is 0.247 e. The Labute approximate surface area is 127 Å². The third-order valence-corrected chi connectivity index (χ3v) is 3.48. The van der Waals surface area contributed by atoms with Gasteiger partial charge in [-0.1, -0.05) is 34.6 Å². The molecule has 0 unspecified atom stereocenters. The van der Waals surface area contributed by atoms with E-state index in [0.717, 1.165) is 17.1 Å². The highest BCUT2D eigenvalue weighted by molar-refractivity contribution is 7.09. The number of thiazole rings is 2. The molecule has 0 aliphatic carbocycles. The van der Waals surface area contributed by atoms with Gasteiger partial charge in [0.1, 0.15) is 0 Å². The van der Waals surface area contributed by atoms with Gasteiger partial charge in [-0.05, 0) is 27.2 Å². The van der Waals surface area contributed by atoms with Crippen molar-refractivity contribution >= 4 is 22.7 Å². The molecule has 0 bridgehead atoms. The summed E-state index contributed by atoms with van der Waals surface area (Å²) in [6.45, 7) is 16.2. The number of hydrogen-bond donors (Lipinski definition) is 0. The quantitative estimate of drug-likeness (QED) is 0.662. The summed E-state index contributed by atoms with van der Waals surface area (Å²) in [5.74, 6) is 0. The second-order valence-corrected chi connectivity index (χ2v) is 5.34. The van der Waals surface area contributed by atoms with Crippen LogP contribution in [0.1, 0.15) is 56.0 Å². The topological polar surface area (TPSA) is 25.8 Å². The van der Waals surface area contributed by atoms with Gasteiger partial charge in [0, 0.05) is 16.5 Å². The summed E-state index contributed by atoms with van der Waals surface area (Å²) in [7, 11) is 0. The molecule has 0 atom stereocenters. The lowest BCUT2D eigenvalue weighted by atomic mass is 10.4. The minimum Gasteiger partial charge on any atom is -0.247 e. The minimum atomic E-state index is 1.06. The predicted molar refractivity (Wildman–Crippen MR) is 90.5 cm³/mol. The van der Waals surface area contributed by atoms with Crippen molar-refractivity contribution in [3.63, 3.8) is 0 Å². The molecule has 2 aromatic rings. The highest BCUT2D eigenvalue weighted by atomic mass is 32.1. The van der Waals surface area contributed by atoms with Gasteiger partial charge in [0.25, 0.3) is 0 Å². The summed E-state index contributed by atoms with van der Waals surface area (Å²) in [4.78, 5) is 8.38. The second kappa shape index (κ2) is 13.7. The summed E-state index contributed by atoms with van der Waals surface area (Å²) in [5, 5.41) is 6.48. The molecule has 19 heavy (non-hydrogen) atoms. The van der Waals surface area contributed by atoms with Crippen molar-refractivity contribution < 1.29 is 0 Å². The molecule has 0 spiro atoms. The van der Waals surface area contributed by atoms with Crippen molar-refractivity contribution in [2.45, 2.75) is 61.8 Å². The van der Waals surface area contributed by atoms with E-state index in [1.807, 2.05) is 48.5 Å². The lowest BCUT2D eigenvalue weighted by Gasteiger charge is -1.79. The third-order valence-electron chi connectivity index (χ3n) is 1.76. The van der Waals surface area contributed by atoms with Crippen molar-refractivity contribution in [2.75, 3.05) is 0 Å². The number of nitrogens with zero attached hydrogens (tertiary/aromatic N) is 2. The maximum Gasteiger partial charge on any atom is 0.0897 e. The third kappa shape index (κ3) is 10.8. The van der Waals surface area contributed by atoms with Crippen molar-refractivity contribution in [1.82, 2.24) is 9.97 Å². The average Bonchev–Trinajstić information content (AvgIpc) is 3.03. The first kappa shape index (κ1) is 20.6. The Morgan fingerprint density at radius 1 is 0.842 bits per heavy atom. The molecule has 0 amide bonds. The van der Waals surface area contributed by atoms with Gasteiger partial charge >= 0.3 is 0 Å². The van der Waals surface area contributed by atoms with E-state index in [4.69, 9.17) is 0 Å². The van der Waals surface area contributed by atoms with Crippen LogP contribution in [-0.2, 0) is 6.42 Å². The molecule has 0 radical (unpaired) electrons. The first-order valence-corrected chi connectivity index (χ1v) is 8.67. The first-order valence-electron chi connectivity index (χ1n) is 6.91. The van der Waals surface area contributed by atoms with Crippen LogP contribution in [0.15, 0.2) is 10.8 Å². The molecule has 2 heterocycles. The van der Waals surface area contributed by atoms with E-state index < -0.39 is 0 Å². The fourth-order valence-electron chi connectivity index (χ4n) is 1.04. The Bertz CT molecular complexity index is 389. The summed E-state index contributed by atoms with van der Waals surface area (Å²) in [5.41, 5.74) is 2.34. The molecule has 0 aromatic carbocycles. The number of aromatic nitrogens is 2. The SMILES string of the molecule is CC.CC.CCc1csc(C)n1.Cc1csc(C)n1. The van der Waals surface area contributed by atoms with E-state index in [0.29, 0.717) is 0 Å². The summed E-state index contributed by atoms with van der Waals surface area (Å²) in [6.07, 6.45) is 1.06. The normalized spacial score (nSPS) is 8.21. The second-order valence-electron chi connectivity index (χ2n) is 3.22. The first-order chi connectivity index (χ1) is 9.11. The Kier molecular flexibility index (Phi) is 14.8. The van der Waals surface area contributed by atoms with Crippen molar-refractivity contribution in [3.05, 3.63) is 32.2 Å². The van der Waals surface area contributed by atoms with E-state index in [1.165, 1.54) is 10.7 Å². The maximum absolute atomic E-state index is 4.25. The summed E-state index contributed by atoms with van der Waals surface area (Å²) < 4.78 is 0. The minimum absolute atomic E-state index is 1.06. The van der Waals surface area contributed by atoms with Crippen LogP contribution in [-0.4, -0.2) is 9.97 Å². The van der Waals surface area contributed by atoms with E-state index in [-0.39, 0.29) is 0 Å². The van der Waals surface area contributed by atoms with Crippen LogP contribution in [0, 0.1) is 20.8 Å². The highest BCUT2D eigenvalue weighted by Crippen LogP contribution is 2.07. The lowest BCUT2D eigenvalue weighted by Crippen LogP contribution is -1.76. The zero-order valence-corrected chi connectivity index (χ0v) is 15.2. The molecule has 0 saturated heterocycles.